The Bertz CT molecular complexity index is 939. The minimum atomic E-state index is -0.113. The summed E-state index contributed by atoms with van der Waals surface area (Å²) in [5, 5.41) is 14.5. The van der Waals surface area contributed by atoms with Gasteiger partial charge in [0, 0.05) is 31.2 Å². The zero-order valence-electron chi connectivity index (χ0n) is 16.4. The standard InChI is InChI=1S/C21H24N6O2/c1-16(14-26-7-9-29-10-8-26)23-21(28)19-11-18(17-5-3-2-4-6-17)12-20(13-19)27-15-22-24-25-27/h2-6,11-13,15-16H,7-10,14H2,1H3,(H,23,28)/t16-/m1/s1. The molecule has 1 atom stereocenters. The van der Waals surface area contributed by atoms with Crippen LogP contribution < -0.4 is 5.32 Å². The predicted octanol–water partition coefficient (Wildman–Crippen LogP) is 1.78. The van der Waals surface area contributed by atoms with Crippen LogP contribution in [0.2, 0.25) is 0 Å². The number of morpholine rings is 1. The molecule has 0 unspecified atom stereocenters. The molecule has 2 heterocycles. The molecule has 1 saturated heterocycles. The molecule has 0 radical (unpaired) electrons. The van der Waals surface area contributed by atoms with Crippen LogP contribution in [0.25, 0.3) is 16.8 Å². The minimum absolute atomic E-state index is 0.0254. The van der Waals surface area contributed by atoms with Crippen molar-refractivity contribution in [2.24, 2.45) is 0 Å². The Kier molecular flexibility index (Phi) is 5.92. The minimum Gasteiger partial charge on any atom is -0.379 e. The van der Waals surface area contributed by atoms with Gasteiger partial charge in [-0.3, -0.25) is 9.69 Å². The summed E-state index contributed by atoms with van der Waals surface area (Å²) in [5.74, 6) is -0.113. The predicted molar refractivity (Wildman–Crippen MR) is 109 cm³/mol. The molecule has 0 bridgehead atoms. The SMILES string of the molecule is C[C@H](CN1CCOCC1)NC(=O)c1cc(-c2ccccc2)cc(-n2cnnn2)c1. The highest BCUT2D eigenvalue weighted by Gasteiger charge is 2.17. The molecule has 1 aromatic heterocycles. The van der Waals surface area contributed by atoms with Crippen molar-refractivity contribution in [1.29, 1.82) is 0 Å². The van der Waals surface area contributed by atoms with Crippen LogP contribution >= 0.6 is 0 Å². The van der Waals surface area contributed by atoms with Crippen LogP contribution in [0, 0.1) is 0 Å². The van der Waals surface area contributed by atoms with Crippen molar-refractivity contribution in [2.45, 2.75) is 13.0 Å². The smallest absolute Gasteiger partial charge is 0.251 e. The Balaban J connectivity index is 1.56. The number of nitrogens with one attached hydrogen (secondary N) is 1. The van der Waals surface area contributed by atoms with Crippen LogP contribution in [0.15, 0.2) is 54.9 Å². The molecule has 0 aliphatic carbocycles. The van der Waals surface area contributed by atoms with Gasteiger partial charge in [0.05, 0.1) is 18.9 Å². The van der Waals surface area contributed by atoms with Gasteiger partial charge in [-0.2, -0.15) is 0 Å². The molecule has 29 heavy (non-hydrogen) atoms. The molecular weight excluding hydrogens is 368 g/mol. The molecule has 0 spiro atoms. The summed E-state index contributed by atoms with van der Waals surface area (Å²) in [6.07, 6.45) is 1.52. The summed E-state index contributed by atoms with van der Waals surface area (Å²) in [6, 6.07) is 15.7. The van der Waals surface area contributed by atoms with Crippen molar-refractivity contribution in [1.82, 2.24) is 30.4 Å². The molecule has 4 rings (SSSR count). The fourth-order valence-corrected chi connectivity index (χ4v) is 3.48. The average molecular weight is 392 g/mol. The monoisotopic (exact) mass is 392 g/mol. The number of nitrogens with zero attached hydrogens (tertiary/aromatic N) is 5. The van der Waals surface area contributed by atoms with E-state index in [4.69, 9.17) is 4.74 Å². The largest absolute Gasteiger partial charge is 0.379 e. The molecule has 1 fully saturated rings. The third-order valence-corrected chi connectivity index (χ3v) is 4.91. The maximum Gasteiger partial charge on any atom is 0.251 e. The lowest BCUT2D eigenvalue weighted by Crippen LogP contribution is -2.46. The molecule has 3 aromatic rings. The molecule has 8 heteroatoms. The van der Waals surface area contributed by atoms with E-state index in [9.17, 15) is 4.79 Å². The highest BCUT2D eigenvalue weighted by atomic mass is 16.5. The number of amides is 1. The molecule has 1 amide bonds. The summed E-state index contributed by atoms with van der Waals surface area (Å²) in [7, 11) is 0. The second-order valence-corrected chi connectivity index (χ2v) is 7.18. The zero-order valence-corrected chi connectivity index (χ0v) is 16.4. The molecule has 1 aliphatic rings. The van der Waals surface area contributed by atoms with E-state index in [0.717, 1.165) is 49.7 Å². The van der Waals surface area contributed by atoms with Crippen molar-refractivity contribution in [2.75, 3.05) is 32.8 Å². The van der Waals surface area contributed by atoms with E-state index in [0.29, 0.717) is 5.56 Å². The van der Waals surface area contributed by atoms with Crippen molar-refractivity contribution in [3.63, 3.8) is 0 Å². The fourth-order valence-electron chi connectivity index (χ4n) is 3.48. The number of rotatable bonds is 6. The van der Waals surface area contributed by atoms with E-state index in [-0.39, 0.29) is 11.9 Å². The number of benzene rings is 2. The lowest BCUT2D eigenvalue weighted by molar-refractivity contribution is 0.0342. The third-order valence-electron chi connectivity index (χ3n) is 4.91. The van der Waals surface area contributed by atoms with Gasteiger partial charge < -0.3 is 10.1 Å². The lowest BCUT2D eigenvalue weighted by Gasteiger charge is -2.29. The third kappa shape index (κ3) is 4.85. The van der Waals surface area contributed by atoms with Crippen LogP contribution in [0.1, 0.15) is 17.3 Å². The Morgan fingerprint density at radius 2 is 1.93 bits per heavy atom. The molecular formula is C21H24N6O2. The summed E-state index contributed by atoms with van der Waals surface area (Å²) in [6.45, 7) is 6.11. The van der Waals surface area contributed by atoms with Gasteiger partial charge in [-0.15, -0.1) is 5.10 Å². The Hall–Kier alpha value is -3.10. The summed E-state index contributed by atoms with van der Waals surface area (Å²) < 4.78 is 6.94. The van der Waals surface area contributed by atoms with Gasteiger partial charge in [-0.05, 0) is 46.7 Å². The second kappa shape index (κ2) is 8.93. The maximum atomic E-state index is 13.0. The molecule has 1 N–H and O–H groups in total. The van der Waals surface area contributed by atoms with Gasteiger partial charge in [0.15, 0.2) is 0 Å². The number of hydrogen-bond acceptors (Lipinski definition) is 6. The summed E-state index contributed by atoms with van der Waals surface area (Å²) in [4.78, 5) is 15.3. The number of tetrazole rings is 1. The number of ether oxygens (including phenoxy) is 1. The Labute approximate surface area is 169 Å². The van der Waals surface area contributed by atoms with Crippen molar-refractivity contribution in [3.05, 3.63) is 60.4 Å². The van der Waals surface area contributed by atoms with E-state index >= 15 is 0 Å². The maximum absolute atomic E-state index is 13.0. The second-order valence-electron chi connectivity index (χ2n) is 7.18. The number of carbonyl (C=O) groups excluding carboxylic acids is 1. The quantitative estimate of drug-likeness (QED) is 0.688. The van der Waals surface area contributed by atoms with E-state index in [2.05, 4.69) is 25.7 Å². The van der Waals surface area contributed by atoms with Gasteiger partial charge in [-0.1, -0.05) is 30.3 Å². The van der Waals surface area contributed by atoms with Crippen LogP contribution in [0.4, 0.5) is 0 Å². The highest BCUT2D eigenvalue weighted by Crippen LogP contribution is 2.24. The summed E-state index contributed by atoms with van der Waals surface area (Å²) >= 11 is 0. The van der Waals surface area contributed by atoms with Gasteiger partial charge in [-0.25, -0.2) is 4.68 Å². The number of carbonyl (C=O) groups is 1. The van der Waals surface area contributed by atoms with E-state index in [1.165, 1.54) is 6.33 Å². The first kappa shape index (κ1) is 19.2. The topological polar surface area (TPSA) is 85.2 Å². The van der Waals surface area contributed by atoms with Crippen LogP contribution in [-0.4, -0.2) is 69.9 Å². The van der Waals surface area contributed by atoms with Gasteiger partial charge in [0.25, 0.3) is 5.91 Å². The molecule has 0 saturated carbocycles. The average Bonchev–Trinajstić information content (AvgIpc) is 3.30. The highest BCUT2D eigenvalue weighted by molar-refractivity contribution is 5.96. The van der Waals surface area contributed by atoms with Crippen molar-refractivity contribution < 1.29 is 9.53 Å². The molecule has 2 aromatic carbocycles. The first-order valence-corrected chi connectivity index (χ1v) is 9.74. The Morgan fingerprint density at radius 1 is 1.14 bits per heavy atom. The molecule has 1 aliphatic heterocycles. The van der Waals surface area contributed by atoms with Gasteiger partial charge in [0.2, 0.25) is 0 Å². The van der Waals surface area contributed by atoms with E-state index < -0.39 is 0 Å². The van der Waals surface area contributed by atoms with Crippen LogP contribution in [-0.2, 0) is 4.74 Å². The molecule has 8 nitrogen and oxygen atoms in total. The van der Waals surface area contributed by atoms with Crippen LogP contribution in [0.3, 0.4) is 0 Å². The lowest BCUT2D eigenvalue weighted by atomic mass is 10.0. The Morgan fingerprint density at radius 3 is 2.66 bits per heavy atom. The van der Waals surface area contributed by atoms with Crippen molar-refractivity contribution in [3.8, 4) is 16.8 Å². The normalized spacial score (nSPS) is 15.8. The first-order chi connectivity index (χ1) is 14.2. The number of hydrogen-bond donors (Lipinski definition) is 1. The van der Waals surface area contributed by atoms with Crippen molar-refractivity contribution >= 4 is 5.91 Å². The molecule has 150 valence electrons. The van der Waals surface area contributed by atoms with Crippen LogP contribution in [0.5, 0.6) is 0 Å². The zero-order chi connectivity index (χ0) is 20.1. The van der Waals surface area contributed by atoms with Gasteiger partial charge in [0.1, 0.15) is 6.33 Å². The number of aromatic nitrogens is 4. The first-order valence-electron chi connectivity index (χ1n) is 9.74. The van der Waals surface area contributed by atoms with E-state index in [1.807, 2.05) is 49.4 Å². The summed E-state index contributed by atoms with van der Waals surface area (Å²) in [5.41, 5.74) is 3.27. The van der Waals surface area contributed by atoms with E-state index in [1.54, 1.807) is 10.7 Å². The van der Waals surface area contributed by atoms with Gasteiger partial charge >= 0.3 is 0 Å². The fraction of sp³-hybridized carbons (Fsp3) is 0.333.